The van der Waals surface area contributed by atoms with Gasteiger partial charge in [-0.25, -0.2) is 4.79 Å². The fourth-order valence-corrected chi connectivity index (χ4v) is 7.22. The highest BCUT2D eigenvalue weighted by Gasteiger charge is 2.53. The Kier molecular flexibility index (Phi) is 5.59. The average Bonchev–Trinajstić information content (AvgIpc) is 3.39. The van der Waals surface area contributed by atoms with Crippen LogP contribution in [-0.4, -0.2) is 47.3 Å². The molecule has 6 nitrogen and oxygen atoms in total. The number of nitrogens with one attached hydrogen (secondary N) is 1. The van der Waals surface area contributed by atoms with Crippen molar-refractivity contribution in [1.82, 2.24) is 9.88 Å². The van der Waals surface area contributed by atoms with Crippen LogP contribution in [-0.2, 0) is 16.0 Å². The summed E-state index contributed by atoms with van der Waals surface area (Å²) >= 11 is 0. The van der Waals surface area contributed by atoms with Gasteiger partial charge in [0.25, 0.3) is 0 Å². The highest BCUT2D eigenvalue weighted by molar-refractivity contribution is 5.90. The van der Waals surface area contributed by atoms with E-state index in [0.717, 1.165) is 30.8 Å². The number of nitrogens with zero attached hydrogens (tertiary/aromatic N) is 1. The molecule has 1 aromatic heterocycles. The lowest BCUT2D eigenvalue weighted by atomic mass is 9.74. The SMILES string of the molecule is COC(=O)C1=CN2CCc3c([nH]c4ccc(OCC5CCCCC5)cc34)[C@@H]2[C@@H]2[C@@H](C)[C@@H](O)C[C@H]12. The molecule has 2 fully saturated rings. The van der Waals surface area contributed by atoms with Gasteiger partial charge in [-0.05, 0) is 67.2 Å². The van der Waals surface area contributed by atoms with Crippen molar-refractivity contribution in [3.8, 4) is 5.75 Å². The minimum absolute atomic E-state index is 0.0189. The number of fused-ring (bicyclic) bond motifs is 7. The molecule has 182 valence electrons. The first-order valence-corrected chi connectivity index (χ1v) is 13.1. The smallest absolute Gasteiger partial charge is 0.335 e. The quantitative estimate of drug-likeness (QED) is 0.640. The van der Waals surface area contributed by atoms with Crippen molar-refractivity contribution >= 4 is 16.9 Å². The summed E-state index contributed by atoms with van der Waals surface area (Å²) in [5.74, 6) is 1.67. The van der Waals surface area contributed by atoms with E-state index in [0.29, 0.717) is 17.9 Å². The highest BCUT2D eigenvalue weighted by Crippen LogP contribution is 2.54. The number of hydrogen-bond donors (Lipinski definition) is 2. The van der Waals surface area contributed by atoms with Gasteiger partial charge in [-0.3, -0.25) is 0 Å². The number of carbonyl (C=O) groups is 1. The zero-order chi connectivity index (χ0) is 23.4. The lowest BCUT2D eigenvalue weighted by Crippen LogP contribution is -2.44. The van der Waals surface area contributed by atoms with Crippen LogP contribution >= 0.6 is 0 Å². The zero-order valence-electron chi connectivity index (χ0n) is 20.3. The van der Waals surface area contributed by atoms with Crippen LogP contribution < -0.4 is 4.74 Å². The Morgan fingerprint density at radius 2 is 2.06 bits per heavy atom. The van der Waals surface area contributed by atoms with Gasteiger partial charge in [-0.2, -0.15) is 0 Å². The van der Waals surface area contributed by atoms with E-state index in [1.807, 2.05) is 6.20 Å². The number of methoxy groups -OCH3 is 1. The van der Waals surface area contributed by atoms with Gasteiger partial charge in [0.1, 0.15) is 5.75 Å². The Balaban J connectivity index is 1.33. The van der Waals surface area contributed by atoms with Crippen molar-refractivity contribution in [1.29, 1.82) is 0 Å². The first-order valence-electron chi connectivity index (χ1n) is 13.1. The van der Waals surface area contributed by atoms with Gasteiger partial charge in [0.2, 0.25) is 0 Å². The molecule has 0 spiro atoms. The van der Waals surface area contributed by atoms with Crippen LogP contribution in [0.25, 0.3) is 10.9 Å². The van der Waals surface area contributed by atoms with Crippen LogP contribution in [0.1, 0.15) is 62.7 Å². The molecule has 1 aromatic carbocycles. The number of rotatable bonds is 4. The van der Waals surface area contributed by atoms with E-state index >= 15 is 0 Å². The molecule has 3 heterocycles. The summed E-state index contributed by atoms with van der Waals surface area (Å²) in [7, 11) is 1.44. The number of benzene rings is 1. The molecular formula is C28H36N2O4. The summed E-state index contributed by atoms with van der Waals surface area (Å²) in [4.78, 5) is 18.6. The fraction of sp³-hybridized carbons (Fsp3) is 0.607. The maximum atomic E-state index is 12.6. The standard InChI is InChI=1S/C28H36N2O4/c1-16-24(31)13-21-22(28(32)33-2)14-30-11-10-19-20-12-18(34-15-17-6-4-3-5-7-17)8-9-23(20)29-26(19)27(30)25(16)21/h8-9,12,14,16-17,21,24-25,27,29,31H,3-7,10-11,13,15H2,1-2H3/t16-,21+,24-,25+,27-/m0/s1. The number of aliphatic hydroxyl groups is 1. The number of esters is 1. The van der Waals surface area contributed by atoms with Crippen molar-refractivity contribution < 1.29 is 19.4 Å². The van der Waals surface area contributed by atoms with E-state index in [9.17, 15) is 9.90 Å². The molecule has 2 aromatic rings. The molecule has 0 amide bonds. The van der Waals surface area contributed by atoms with Crippen LogP contribution in [0.4, 0.5) is 0 Å². The third-order valence-electron chi connectivity index (χ3n) is 9.06. The maximum Gasteiger partial charge on any atom is 0.335 e. The Morgan fingerprint density at radius 1 is 1.24 bits per heavy atom. The van der Waals surface area contributed by atoms with Crippen molar-refractivity contribution in [3.05, 3.63) is 41.2 Å². The predicted octanol–water partition coefficient (Wildman–Crippen LogP) is 4.73. The third kappa shape index (κ3) is 3.53. The predicted molar refractivity (Wildman–Crippen MR) is 130 cm³/mol. The normalized spacial score (nSPS) is 31.0. The fourth-order valence-electron chi connectivity index (χ4n) is 7.22. The van der Waals surface area contributed by atoms with Crippen molar-refractivity contribution in [2.45, 2.75) is 64.0 Å². The minimum Gasteiger partial charge on any atom is -0.493 e. The molecule has 2 saturated carbocycles. The second kappa shape index (κ2) is 8.63. The molecule has 6 heteroatoms. The van der Waals surface area contributed by atoms with Crippen LogP contribution in [0.5, 0.6) is 5.75 Å². The largest absolute Gasteiger partial charge is 0.493 e. The van der Waals surface area contributed by atoms with Gasteiger partial charge >= 0.3 is 5.97 Å². The van der Waals surface area contributed by atoms with E-state index in [-0.39, 0.29) is 29.8 Å². The van der Waals surface area contributed by atoms with Gasteiger partial charge < -0.3 is 24.5 Å². The first kappa shape index (κ1) is 22.0. The topological polar surface area (TPSA) is 74.8 Å². The van der Waals surface area contributed by atoms with E-state index in [1.165, 1.54) is 55.9 Å². The number of carbonyl (C=O) groups excluding carboxylic acids is 1. The Labute approximate surface area is 201 Å². The van der Waals surface area contributed by atoms with Crippen LogP contribution in [0, 0.1) is 23.7 Å². The Hall–Kier alpha value is -2.47. The van der Waals surface area contributed by atoms with Gasteiger partial charge in [-0.1, -0.05) is 26.2 Å². The second-order valence-corrected chi connectivity index (χ2v) is 10.9. The van der Waals surface area contributed by atoms with Gasteiger partial charge in [0, 0.05) is 35.3 Å². The van der Waals surface area contributed by atoms with Gasteiger partial charge in [0.05, 0.1) is 31.4 Å². The highest BCUT2D eigenvalue weighted by atomic mass is 16.5. The monoisotopic (exact) mass is 464 g/mol. The van der Waals surface area contributed by atoms with Crippen molar-refractivity contribution in [2.75, 3.05) is 20.3 Å². The first-order chi connectivity index (χ1) is 16.5. The zero-order valence-corrected chi connectivity index (χ0v) is 20.3. The molecule has 0 bridgehead atoms. The van der Waals surface area contributed by atoms with Gasteiger partial charge in [-0.15, -0.1) is 0 Å². The molecular weight excluding hydrogens is 428 g/mol. The number of hydrogen-bond acceptors (Lipinski definition) is 5. The molecule has 2 aliphatic heterocycles. The molecule has 2 aliphatic carbocycles. The Bertz CT molecular complexity index is 1120. The summed E-state index contributed by atoms with van der Waals surface area (Å²) in [6.45, 7) is 3.79. The maximum absolute atomic E-state index is 12.6. The number of aliphatic hydroxyl groups excluding tert-OH is 1. The molecule has 34 heavy (non-hydrogen) atoms. The third-order valence-corrected chi connectivity index (χ3v) is 9.06. The molecule has 6 rings (SSSR count). The molecule has 5 atom stereocenters. The molecule has 2 N–H and O–H groups in total. The molecule has 0 saturated heterocycles. The lowest BCUT2D eigenvalue weighted by Gasteiger charge is -2.46. The minimum atomic E-state index is -0.405. The van der Waals surface area contributed by atoms with E-state index in [4.69, 9.17) is 9.47 Å². The van der Waals surface area contributed by atoms with Crippen molar-refractivity contribution in [2.24, 2.45) is 23.7 Å². The molecule has 4 aliphatic rings. The summed E-state index contributed by atoms with van der Waals surface area (Å²) < 4.78 is 11.4. The number of H-pyrrole nitrogens is 1. The molecule has 0 unspecified atom stereocenters. The summed E-state index contributed by atoms with van der Waals surface area (Å²) in [5, 5.41) is 12.0. The summed E-state index contributed by atoms with van der Waals surface area (Å²) in [6.07, 6.45) is 9.73. The Morgan fingerprint density at radius 3 is 2.85 bits per heavy atom. The van der Waals surface area contributed by atoms with Crippen molar-refractivity contribution in [3.63, 3.8) is 0 Å². The second-order valence-electron chi connectivity index (χ2n) is 10.9. The summed E-state index contributed by atoms with van der Waals surface area (Å²) in [5.41, 5.74) is 4.45. The van der Waals surface area contributed by atoms with Gasteiger partial charge in [0.15, 0.2) is 0 Å². The van der Waals surface area contributed by atoms with E-state index < -0.39 is 6.10 Å². The van der Waals surface area contributed by atoms with Crippen LogP contribution in [0.3, 0.4) is 0 Å². The van der Waals surface area contributed by atoms with Crippen LogP contribution in [0.2, 0.25) is 0 Å². The number of ether oxygens (including phenoxy) is 2. The van der Waals surface area contributed by atoms with E-state index in [2.05, 4.69) is 35.0 Å². The van der Waals surface area contributed by atoms with E-state index in [1.54, 1.807) is 0 Å². The molecule has 0 radical (unpaired) electrons. The number of aromatic nitrogens is 1. The van der Waals surface area contributed by atoms with Crippen LogP contribution in [0.15, 0.2) is 30.0 Å². The number of aromatic amines is 1. The summed E-state index contributed by atoms with van der Waals surface area (Å²) in [6, 6.07) is 6.59. The average molecular weight is 465 g/mol. The lowest BCUT2D eigenvalue weighted by molar-refractivity contribution is -0.137.